The van der Waals surface area contributed by atoms with Gasteiger partial charge in [-0.2, -0.15) is 4.98 Å². The number of halogens is 1. The third kappa shape index (κ3) is 4.28. The number of nitrogens with zero attached hydrogens (tertiary/aromatic N) is 3. The summed E-state index contributed by atoms with van der Waals surface area (Å²) in [6.07, 6.45) is 0.0793. The average Bonchev–Trinajstić information content (AvgIpc) is 3.39. The third-order valence-electron chi connectivity index (χ3n) is 4.73. The number of anilines is 1. The molecule has 1 unspecified atom stereocenters. The van der Waals surface area contributed by atoms with E-state index in [4.69, 9.17) is 25.6 Å². The van der Waals surface area contributed by atoms with Gasteiger partial charge in [0.2, 0.25) is 11.7 Å². The maximum Gasteiger partial charge on any atom is 0.311 e. The SMILES string of the molecule is COc1cccc(N2CC(C(=O)OCc3nc(-c4ccc(Cl)cc4)no3)CC2=O)c1. The van der Waals surface area contributed by atoms with Crippen LogP contribution in [0.25, 0.3) is 11.4 Å². The second-order valence-electron chi connectivity index (χ2n) is 6.73. The zero-order chi connectivity index (χ0) is 21.1. The monoisotopic (exact) mass is 427 g/mol. The number of hydrogen-bond donors (Lipinski definition) is 0. The van der Waals surface area contributed by atoms with E-state index in [1.165, 1.54) is 0 Å². The maximum atomic E-state index is 12.4. The summed E-state index contributed by atoms with van der Waals surface area (Å²) in [7, 11) is 1.56. The summed E-state index contributed by atoms with van der Waals surface area (Å²) >= 11 is 5.87. The molecule has 0 N–H and O–H groups in total. The summed E-state index contributed by atoms with van der Waals surface area (Å²) in [6.45, 7) is 0.0773. The first-order chi connectivity index (χ1) is 14.5. The number of hydrogen-bond acceptors (Lipinski definition) is 7. The fourth-order valence-electron chi connectivity index (χ4n) is 3.17. The van der Waals surface area contributed by atoms with Crippen molar-refractivity contribution < 1.29 is 23.6 Å². The van der Waals surface area contributed by atoms with Crippen LogP contribution in [0.5, 0.6) is 5.75 Å². The van der Waals surface area contributed by atoms with Crippen LogP contribution in [0.3, 0.4) is 0 Å². The number of carbonyl (C=O) groups is 2. The molecule has 1 saturated heterocycles. The van der Waals surface area contributed by atoms with Gasteiger partial charge in [0.05, 0.1) is 13.0 Å². The number of methoxy groups -OCH3 is 1. The van der Waals surface area contributed by atoms with Gasteiger partial charge in [-0.1, -0.05) is 22.8 Å². The molecule has 4 rings (SSSR count). The number of amides is 1. The Balaban J connectivity index is 1.35. The predicted octanol–water partition coefficient (Wildman–Crippen LogP) is 3.49. The molecule has 0 aliphatic carbocycles. The second kappa shape index (κ2) is 8.54. The lowest BCUT2D eigenvalue weighted by atomic mass is 10.1. The maximum absolute atomic E-state index is 12.4. The quantitative estimate of drug-likeness (QED) is 0.555. The molecule has 9 heteroatoms. The van der Waals surface area contributed by atoms with Gasteiger partial charge in [-0.15, -0.1) is 0 Å². The minimum Gasteiger partial charge on any atom is -0.497 e. The Labute approximate surface area is 177 Å². The molecule has 1 aliphatic heterocycles. The minimum atomic E-state index is -0.567. The highest BCUT2D eigenvalue weighted by Gasteiger charge is 2.36. The zero-order valence-corrected chi connectivity index (χ0v) is 16.8. The van der Waals surface area contributed by atoms with E-state index in [1.807, 2.05) is 0 Å². The fourth-order valence-corrected chi connectivity index (χ4v) is 3.30. The molecule has 3 aromatic rings. The van der Waals surface area contributed by atoms with Crippen molar-refractivity contribution in [2.75, 3.05) is 18.6 Å². The first-order valence-electron chi connectivity index (χ1n) is 9.23. The van der Waals surface area contributed by atoms with Gasteiger partial charge in [0, 0.05) is 35.3 Å². The van der Waals surface area contributed by atoms with E-state index in [0.29, 0.717) is 22.3 Å². The number of aromatic nitrogens is 2. The van der Waals surface area contributed by atoms with Gasteiger partial charge >= 0.3 is 5.97 Å². The van der Waals surface area contributed by atoms with E-state index in [-0.39, 0.29) is 31.4 Å². The van der Waals surface area contributed by atoms with Gasteiger partial charge < -0.3 is 18.9 Å². The number of carbonyl (C=O) groups excluding carboxylic acids is 2. The zero-order valence-electron chi connectivity index (χ0n) is 16.1. The van der Waals surface area contributed by atoms with Crippen molar-refractivity contribution in [2.24, 2.45) is 5.92 Å². The van der Waals surface area contributed by atoms with Gasteiger partial charge in [0.1, 0.15) is 5.75 Å². The Morgan fingerprint density at radius 1 is 1.27 bits per heavy atom. The number of ether oxygens (including phenoxy) is 2. The molecule has 2 aromatic carbocycles. The van der Waals surface area contributed by atoms with Crippen LogP contribution in [0.4, 0.5) is 5.69 Å². The van der Waals surface area contributed by atoms with Crippen LogP contribution < -0.4 is 9.64 Å². The van der Waals surface area contributed by atoms with Crippen LogP contribution in [0.15, 0.2) is 53.1 Å². The smallest absolute Gasteiger partial charge is 0.311 e. The average molecular weight is 428 g/mol. The Morgan fingerprint density at radius 2 is 2.07 bits per heavy atom. The van der Waals surface area contributed by atoms with Crippen molar-refractivity contribution in [3.8, 4) is 17.1 Å². The standard InChI is InChI=1S/C21H18ClN3O5/c1-28-17-4-2-3-16(10-17)25-11-14(9-19(25)26)21(27)29-12-18-23-20(24-30-18)13-5-7-15(22)8-6-13/h2-8,10,14H,9,11-12H2,1H3. The van der Waals surface area contributed by atoms with Gasteiger partial charge in [-0.05, 0) is 36.4 Å². The van der Waals surface area contributed by atoms with Crippen LogP contribution >= 0.6 is 11.6 Å². The highest BCUT2D eigenvalue weighted by Crippen LogP contribution is 2.28. The second-order valence-corrected chi connectivity index (χ2v) is 7.17. The number of benzene rings is 2. The van der Waals surface area contributed by atoms with E-state index in [2.05, 4.69) is 10.1 Å². The van der Waals surface area contributed by atoms with Crippen molar-refractivity contribution in [2.45, 2.75) is 13.0 Å². The summed E-state index contributed by atoms with van der Waals surface area (Å²) in [5, 5.41) is 4.48. The summed E-state index contributed by atoms with van der Waals surface area (Å²) in [5.41, 5.74) is 1.41. The van der Waals surface area contributed by atoms with Crippen molar-refractivity contribution in [3.63, 3.8) is 0 Å². The van der Waals surface area contributed by atoms with Crippen LogP contribution in [0.1, 0.15) is 12.3 Å². The Morgan fingerprint density at radius 3 is 2.83 bits per heavy atom. The largest absolute Gasteiger partial charge is 0.497 e. The molecule has 1 fully saturated rings. The first-order valence-corrected chi connectivity index (χ1v) is 9.61. The Kier molecular flexibility index (Phi) is 5.67. The Hall–Kier alpha value is -3.39. The lowest BCUT2D eigenvalue weighted by molar-refractivity contribution is -0.150. The van der Waals surface area contributed by atoms with Crippen molar-refractivity contribution >= 4 is 29.2 Å². The third-order valence-corrected chi connectivity index (χ3v) is 4.98. The lowest BCUT2D eigenvalue weighted by Crippen LogP contribution is -2.26. The molecule has 0 spiro atoms. The van der Waals surface area contributed by atoms with Crippen molar-refractivity contribution in [1.29, 1.82) is 0 Å². The summed E-state index contributed by atoms with van der Waals surface area (Å²) < 4.78 is 15.6. The molecule has 30 heavy (non-hydrogen) atoms. The molecule has 1 aromatic heterocycles. The minimum absolute atomic E-state index is 0.0793. The molecule has 0 saturated carbocycles. The normalized spacial score (nSPS) is 16.0. The molecule has 1 amide bonds. The molecule has 0 radical (unpaired) electrons. The van der Waals surface area contributed by atoms with Gasteiger partial charge in [0.15, 0.2) is 6.61 Å². The van der Waals surface area contributed by atoms with E-state index in [0.717, 1.165) is 5.56 Å². The van der Waals surface area contributed by atoms with Crippen molar-refractivity contribution in [3.05, 3.63) is 59.4 Å². The highest BCUT2D eigenvalue weighted by atomic mass is 35.5. The summed E-state index contributed by atoms with van der Waals surface area (Å²) in [6, 6.07) is 14.1. The first kappa shape index (κ1) is 19.9. The van der Waals surface area contributed by atoms with Gasteiger partial charge in [-0.25, -0.2) is 0 Å². The molecule has 0 bridgehead atoms. The summed E-state index contributed by atoms with van der Waals surface area (Å²) in [5.74, 6) is -0.0187. The van der Waals surface area contributed by atoms with Crippen molar-refractivity contribution in [1.82, 2.24) is 10.1 Å². The fraction of sp³-hybridized carbons (Fsp3) is 0.238. The molecular weight excluding hydrogens is 410 g/mol. The molecular formula is C21H18ClN3O5. The summed E-state index contributed by atoms with van der Waals surface area (Å²) in [4.78, 5) is 30.6. The molecule has 1 aliphatic rings. The predicted molar refractivity (Wildman–Crippen MR) is 108 cm³/mol. The molecule has 8 nitrogen and oxygen atoms in total. The van der Waals surface area contributed by atoms with E-state index in [9.17, 15) is 9.59 Å². The molecule has 154 valence electrons. The highest BCUT2D eigenvalue weighted by molar-refractivity contribution is 6.30. The molecule has 2 heterocycles. The number of rotatable bonds is 6. The van der Waals surface area contributed by atoms with Crippen LogP contribution in [-0.2, 0) is 20.9 Å². The van der Waals surface area contributed by atoms with Crippen LogP contribution in [-0.4, -0.2) is 35.7 Å². The Bertz CT molecular complexity index is 1070. The van der Waals surface area contributed by atoms with Crippen LogP contribution in [0, 0.1) is 5.92 Å². The lowest BCUT2D eigenvalue weighted by Gasteiger charge is -2.17. The van der Waals surface area contributed by atoms with E-state index < -0.39 is 11.9 Å². The molecule has 1 atom stereocenters. The van der Waals surface area contributed by atoms with Crippen LogP contribution in [0.2, 0.25) is 5.02 Å². The van der Waals surface area contributed by atoms with Gasteiger partial charge in [0.25, 0.3) is 5.89 Å². The van der Waals surface area contributed by atoms with E-state index in [1.54, 1.807) is 60.5 Å². The number of esters is 1. The van der Waals surface area contributed by atoms with E-state index >= 15 is 0 Å². The van der Waals surface area contributed by atoms with Gasteiger partial charge in [-0.3, -0.25) is 9.59 Å². The topological polar surface area (TPSA) is 94.8 Å².